The molecule has 1 aliphatic rings. The molecule has 0 radical (unpaired) electrons. The molecule has 0 unspecified atom stereocenters. The van der Waals surface area contributed by atoms with Gasteiger partial charge < -0.3 is 11.1 Å². The van der Waals surface area contributed by atoms with E-state index in [-0.39, 0.29) is 23.3 Å². The highest BCUT2D eigenvalue weighted by Gasteiger charge is 2.35. The number of aryl methyl sites for hydroxylation is 1. The summed E-state index contributed by atoms with van der Waals surface area (Å²) < 4.78 is 27.8. The van der Waals surface area contributed by atoms with E-state index in [4.69, 9.17) is 5.73 Å². The Labute approximate surface area is 151 Å². The number of aromatic nitrogens is 4. The van der Waals surface area contributed by atoms with Gasteiger partial charge in [0.2, 0.25) is 10.0 Å². The molecule has 1 aliphatic carbocycles. The highest BCUT2D eigenvalue weighted by molar-refractivity contribution is 7.90. The van der Waals surface area contributed by atoms with Crippen LogP contribution in [0.3, 0.4) is 0 Å². The molecule has 0 aromatic carbocycles. The van der Waals surface area contributed by atoms with Crippen LogP contribution in [0.25, 0.3) is 11.4 Å². The lowest BCUT2D eigenvalue weighted by atomic mass is 10.2. The number of nitrogen functional groups attached to an aromatic ring is 1. The number of nitrogens with zero attached hydrogens (tertiary/aromatic N) is 4. The first-order chi connectivity index (χ1) is 12.2. The van der Waals surface area contributed by atoms with Gasteiger partial charge in [0.15, 0.2) is 5.82 Å². The second-order valence-corrected chi connectivity index (χ2v) is 8.42. The van der Waals surface area contributed by atoms with Gasteiger partial charge in [-0.2, -0.15) is 5.10 Å². The van der Waals surface area contributed by atoms with E-state index in [2.05, 4.69) is 25.1 Å². The first kappa shape index (κ1) is 18.3. The Bertz CT molecular complexity index is 921. The van der Waals surface area contributed by atoms with Gasteiger partial charge in [0.1, 0.15) is 11.5 Å². The number of anilines is 1. The normalized spacial score (nSPS) is 15.6. The van der Waals surface area contributed by atoms with Crippen LogP contribution in [0.5, 0.6) is 0 Å². The number of amides is 1. The first-order valence-electron chi connectivity index (χ1n) is 8.17. The average molecular weight is 379 g/mol. The Morgan fingerprint density at radius 1 is 1.42 bits per heavy atom. The molecular formula is C15H21N7O3S. The van der Waals surface area contributed by atoms with Crippen molar-refractivity contribution in [2.24, 2.45) is 7.05 Å². The van der Waals surface area contributed by atoms with E-state index >= 15 is 0 Å². The summed E-state index contributed by atoms with van der Waals surface area (Å²) in [4.78, 5) is 20.7. The minimum absolute atomic E-state index is 0.105. The van der Waals surface area contributed by atoms with Gasteiger partial charge in [0.25, 0.3) is 5.91 Å². The Kier molecular flexibility index (Phi) is 4.92. The molecule has 140 valence electrons. The van der Waals surface area contributed by atoms with E-state index in [1.54, 1.807) is 31.0 Å². The van der Waals surface area contributed by atoms with Gasteiger partial charge in [-0.25, -0.2) is 23.1 Å². The SMILES string of the molecule is C[C@@H](CNS(=O)(=O)C1CC1)NC(=O)c1cc(N)nc(-c2cnn(C)c2)n1. The first-order valence-corrected chi connectivity index (χ1v) is 9.72. The van der Waals surface area contributed by atoms with Crippen molar-refractivity contribution < 1.29 is 13.2 Å². The van der Waals surface area contributed by atoms with Crippen LogP contribution in [0.1, 0.15) is 30.3 Å². The molecule has 1 amide bonds. The summed E-state index contributed by atoms with van der Waals surface area (Å²) in [5.41, 5.74) is 6.52. The molecule has 26 heavy (non-hydrogen) atoms. The molecule has 1 atom stereocenters. The zero-order valence-electron chi connectivity index (χ0n) is 14.5. The van der Waals surface area contributed by atoms with E-state index in [1.807, 2.05) is 0 Å². The number of hydrogen-bond acceptors (Lipinski definition) is 7. The molecule has 3 rings (SSSR count). The quantitative estimate of drug-likeness (QED) is 0.596. The van der Waals surface area contributed by atoms with Crippen molar-refractivity contribution in [2.45, 2.75) is 31.1 Å². The van der Waals surface area contributed by atoms with Crippen molar-refractivity contribution >= 4 is 21.7 Å². The molecule has 0 spiro atoms. The standard InChI is InChI=1S/C15H21N7O3S/c1-9(6-18-26(24,25)11-3-4-11)19-15(23)12-5-13(16)21-14(20-12)10-7-17-22(2)8-10/h5,7-9,11,18H,3-4,6H2,1-2H3,(H,19,23)(H2,16,20,21)/t9-/m0/s1. The predicted octanol–water partition coefficient (Wildman–Crippen LogP) is -0.341. The summed E-state index contributed by atoms with van der Waals surface area (Å²) >= 11 is 0. The molecule has 0 aliphatic heterocycles. The zero-order valence-corrected chi connectivity index (χ0v) is 15.3. The topological polar surface area (TPSA) is 145 Å². The van der Waals surface area contributed by atoms with Crippen LogP contribution in [0.4, 0.5) is 5.82 Å². The molecule has 2 heterocycles. The van der Waals surface area contributed by atoms with E-state index in [0.717, 1.165) is 0 Å². The summed E-state index contributed by atoms with van der Waals surface area (Å²) in [6.07, 6.45) is 4.66. The molecule has 1 saturated carbocycles. The molecule has 1 fully saturated rings. The number of sulfonamides is 1. The maximum absolute atomic E-state index is 12.4. The maximum Gasteiger partial charge on any atom is 0.270 e. The highest BCUT2D eigenvalue weighted by atomic mass is 32.2. The van der Waals surface area contributed by atoms with Crippen molar-refractivity contribution in [3.05, 3.63) is 24.2 Å². The molecule has 10 nitrogen and oxygen atoms in total. The summed E-state index contributed by atoms with van der Waals surface area (Å²) in [5.74, 6) is -0.00112. The lowest BCUT2D eigenvalue weighted by Crippen LogP contribution is -2.42. The number of nitrogens with two attached hydrogens (primary N) is 1. The average Bonchev–Trinajstić information content (AvgIpc) is 3.35. The van der Waals surface area contributed by atoms with Crippen molar-refractivity contribution in [2.75, 3.05) is 12.3 Å². The van der Waals surface area contributed by atoms with E-state index < -0.39 is 22.0 Å². The van der Waals surface area contributed by atoms with Crippen molar-refractivity contribution in [1.29, 1.82) is 0 Å². The van der Waals surface area contributed by atoms with Gasteiger partial charge in [-0.15, -0.1) is 0 Å². The summed E-state index contributed by atoms with van der Waals surface area (Å²) in [6, 6.07) is 0.963. The van der Waals surface area contributed by atoms with E-state index in [1.165, 1.54) is 6.07 Å². The minimum Gasteiger partial charge on any atom is -0.384 e. The third kappa shape index (κ3) is 4.35. The smallest absolute Gasteiger partial charge is 0.270 e. The van der Waals surface area contributed by atoms with E-state index in [0.29, 0.717) is 24.2 Å². The highest BCUT2D eigenvalue weighted by Crippen LogP contribution is 2.27. The van der Waals surface area contributed by atoms with Gasteiger partial charge in [0, 0.05) is 31.9 Å². The van der Waals surface area contributed by atoms with Crippen LogP contribution >= 0.6 is 0 Å². The molecule has 2 aromatic heterocycles. The molecule has 11 heteroatoms. The van der Waals surface area contributed by atoms with Gasteiger partial charge in [-0.1, -0.05) is 0 Å². The lowest BCUT2D eigenvalue weighted by molar-refractivity contribution is 0.0935. The Hall–Kier alpha value is -2.53. The summed E-state index contributed by atoms with van der Waals surface area (Å²) in [6.45, 7) is 1.82. The number of rotatable bonds is 7. The van der Waals surface area contributed by atoms with Crippen LogP contribution in [0.2, 0.25) is 0 Å². The lowest BCUT2D eigenvalue weighted by Gasteiger charge is -2.15. The summed E-state index contributed by atoms with van der Waals surface area (Å²) in [7, 11) is -1.53. The molecular weight excluding hydrogens is 358 g/mol. The molecule has 0 bridgehead atoms. The Morgan fingerprint density at radius 3 is 2.77 bits per heavy atom. The number of carbonyl (C=O) groups excluding carboxylic acids is 1. The largest absolute Gasteiger partial charge is 0.384 e. The van der Waals surface area contributed by atoms with Crippen LogP contribution in [0, 0.1) is 0 Å². The van der Waals surface area contributed by atoms with Crippen LogP contribution in [-0.4, -0.2) is 51.9 Å². The third-order valence-electron chi connectivity index (χ3n) is 3.87. The number of carbonyl (C=O) groups is 1. The molecule has 0 saturated heterocycles. The Morgan fingerprint density at radius 2 is 2.15 bits per heavy atom. The fraction of sp³-hybridized carbons (Fsp3) is 0.467. The van der Waals surface area contributed by atoms with Crippen LogP contribution in [0.15, 0.2) is 18.5 Å². The summed E-state index contributed by atoms with van der Waals surface area (Å²) in [5, 5.41) is 6.45. The zero-order chi connectivity index (χ0) is 18.9. The van der Waals surface area contributed by atoms with E-state index in [9.17, 15) is 13.2 Å². The van der Waals surface area contributed by atoms with Crippen molar-refractivity contribution in [3.63, 3.8) is 0 Å². The van der Waals surface area contributed by atoms with Crippen LogP contribution < -0.4 is 15.8 Å². The monoisotopic (exact) mass is 379 g/mol. The maximum atomic E-state index is 12.4. The molecule has 2 aromatic rings. The van der Waals surface area contributed by atoms with Crippen molar-refractivity contribution in [3.8, 4) is 11.4 Å². The van der Waals surface area contributed by atoms with Crippen molar-refractivity contribution in [1.82, 2.24) is 29.8 Å². The molecule has 4 N–H and O–H groups in total. The number of hydrogen-bond donors (Lipinski definition) is 3. The number of nitrogens with one attached hydrogen (secondary N) is 2. The van der Waals surface area contributed by atoms with Crippen LogP contribution in [-0.2, 0) is 17.1 Å². The third-order valence-corrected chi connectivity index (χ3v) is 5.79. The fourth-order valence-electron chi connectivity index (χ4n) is 2.33. The minimum atomic E-state index is -3.29. The second-order valence-electron chi connectivity index (χ2n) is 6.37. The van der Waals surface area contributed by atoms with Gasteiger partial charge in [0.05, 0.1) is 17.0 Å². The second kappa shape index (κ2) is 7.00. The van der Waals surface area contributed by atoms with Gasteiger partial charge in [-0.3, -0.25) is 9.48 Å². The predicted molar refractivity (Wildman–Crippen MR) is 95.5 cm³/mol. The van der Waals surface area contributed by atoms with Gasteiger partial charge in [-0.05, 0) is 19.8 Å². The van der Waals surface area contributed by atoms with Gasteiger partial charge >= 0.3 is 0 Å². The Balaban J connectivity index is 1.66. The fourth-order valence-corrected chi connectivity index (χ4v) is 3.81.